The first-order chi connectivity index (χ1) is 12.3. The quantitative estimate of drug-likeness (QED) is 0.191. The van der Waals surface area contributed by atoms with E-state index in [-0.39, 0.29) is 36.3 Å². The number of ether oxygens (including phenoxy) is 1. The van der Waals surface area contributed by atoms with E-state index < -0.39 is 9.84 Å². The molecular weight excluding hydrogens is 524 g/mol. The van der Waals surface area contributed by atoms with Crippen molar-refractivity contribution in [2.24, 2.45) is 4.99 Å². The zero-order valence-corrected chi connectivity index (χ0v) is 20.3. The Hall–Kier alpha value is -0.290. The molecule has 0 spiro atoms. The molecular formula is C17H28Cl2IN3O3S. The van der Waals surface area contributed by atoms with Crippen LogP contribution in [0, 0.1) is 0 Å². The Kier molecular flexibility index (Phi) is 14.5. The zero-order chi connectivity index (χ0) is 19.4. The lowest BCUT2D eigenvalue weighted by Gasteiger charge is -2.11. The molecule has 0 aliphatic heterocycles. The van der Waals surface area contributed by atoms with Crippen LogP contribution >= 0.6 is 47.2 Å². The minimum Gasteiger partial charge on any atom is -0.379 e. The second-order valence-corrected chi connectivity index (χ2v) is 8.87. The van der Waals surface area contributed by atoms with Gasteiger partial charge < -0.3 is 15.4 Å². The monoisotopic (exact) mass is 551 g/mol. The summed E-state index contributed by atoms with van der Waals surface area (Å²) in [5.41, 5.74) is 1.06. The number of aliphatic imine (C=N–C) groups is 1. The van der Waals surface area contributed by atoms with Gasteiger partial charge in [-0.2, -0.15) is 0 Å². The van der Waals surface area contributed by atoms with Crippen molar-refractivity contribution in [3.63, 3.8) is 0 Å². The SMILES string of the molecule is CCNC(=NCCCc1ccc(Cl)cc1Cl)NCCOCCS(C)(=O)=O.I. The van der Waals surface area contributed by atoms with E-state index in [0.717, 1.165) is 24.9 Å². The first-order valence-corrected chi connectivity index (χ1v) is 11.3. The maximum Gasteiger partial charge on any atom is 0.191 e. The van der Waals surface area contributed by atoms with E-state index in [1.165, 1.54) is 6.26 Å². The van der Waals surface area contributed by atoms with E-state index in [1.54, 1.807) is 6.07 Å². The van der Waals surface area contributed by atoms with Crippen LogP contribution in [0.15, 0.2) is 23.2 Å². The molecule has 0 saturated heterocycles. The van der Waals surface area contributed by atoms with Gasteiger partial charge in [-0.3, -0.25) is 4.99 Å². The normalized spacial score (nSPS) is 11.8. The number of nitrogens with zero attached hydrogens (tertiary/aromatic N) is 1. The van der Waals surface area contributed by atoms with Crippen molar-refractivity contribution in [3.8, 4) is 0 Å². The molecule has 0 amide bonds. The van der Waals surface area contributed by atoms with Gasteiger partial charge in [0.1, 0.15) is 9.84 Å². The fourth-order valence-corrected chi connectivity index (χ4v) is 3.00. The van der Waals surface area contributed by atoms with Gasteiger partial charge in [-0.15, -0.1) is 24.0 Å². The summed E-state index contributed by atoms with van der Waals surface area (Å²) in [5.74, 6) is 0.746. The maximum absolute atomic E-state index is 11.0. The average Bonchev–Trinajstić information content (AvgIpc) is 2.55. The van der Waals surface area contributed by atoms with E-state index in [2.05, 4.69) is 15.6 Å². The van der Waals surface area contributed by atoms with Crippen LogP contribution < -0.4 is 10.6 Å². The number of nitrogens with one attached hydrogen (secondary N) is 2. The predicted octanol–water partition coefficient (Wildman–Crippen LogP) is 3.16. The van der Waals surface area contributed by atoms with Crippen LogP contribution in [-0.2, 0) is 21.0 Å². The van der Waals surface area contributed by atoms with Gasteiger partial charge >= 0.3 is 0 Å². The fraction of sp³-hybridized carbons (Fsp3) is 0.588. The molecule has 0 heterocycles. The summed E-state index contributed by atoms with van der Waals surface area (Å²) in [4.78, 5) is 4.51. The Morgan fingerprint density at radius 1 is 1.22 bits per heavy atom. The number of hydrogen-bond acceptors (Lipinski definition) is 4. The van der Waals surface area contributed by atoms with Crippen LogP contribution in [0.5, 0.6) is 0 Å². The van der Waals surface area contributed by atoms with Gasteiger partial charge in [0.05, 0.1) is 19.0 Å². The molecule has 0 bridgehead atoms. The number of benzene rings is 1. The third-order valence-electron chi connectivity index (χ3n) is 3.37. The van der Waals surface area contributed by atoms with Crippen LogP contribution in [0.2, 0.25) is 10.0 Å². The van der Waals surface area contributed by atoms with Crippen molar-refractivity contribution in [2.75, 3.05) is 44.9 Å². The third-order valence-corrected chi connectivity index (χ3v) is 4.87. The molecule has 1 aromatic carbocycles. The van der Waals surface area contributed by atoms with Gasteiger partial charge in [0.25, 0.3) is 0 Å². The molecule has 0 aliphatic rings. The molecule has 0 unspecified atom stereocenters. The molecule has 10 heteroatoms. The third kappa shape index (κ3) is 13.5. The smallest absolute Gasteiger partial charge is 0.191 e. The highest BCUT2D eigenvalue weighted by molar-refractivity contribution is 14.0. The molecule has 0 fully saturated rings. The van der Waals surface area contributed by atoms with Gasteiger partial charge in [0, 0.05) is 35.9 Å². The van der Waals surface area contributed by atoms with Crippen LogP contribution in [0.3, 0.4) is 0 Å². The lowest BCUT2D eigenvalue weighted by Crippen LogP contribution is -2.39. The van der Waals surface area contributed by atoms with E-state index in [9.17, 15) is 8.42 Å². The lowest BCUT2D eigenvalue weighted by molar-refractivity contribution is 0.154. The predicted molar refractivity (Wildman–Crippen MR) is 125 cm³/mol. The van der Waals surface area contributed by atoms with E-state index in [1.807, 2.05) is 19.1 Å². The van der Waals surface area contributed by atoms with Crippen molar-refractivity contribution in [3.05, 3.63) is 33.8 Å². The number of halogens is 3. The maximum atomic E-state index is 11.0. The van der Waals surface area contributed by atoms with E-state index in [4.69, 9.17) is 27.9 Å². The average molecular weight is 552 g/mol. The van der Waals surface area contributed by atoms with Crippen molar-refractivity contribution < 1.29 is 13.2 Å². The minimum absolute atomic E-state index is 0. The molecule has 0 radical (unpaired) electrons. The highest BCUT2D eigenvalue weighted by Gasteiger charge is 2.03. The largest absolute Gasteiger partial charge is 0.379 e. The molecule has 0 aliphatic carbocycles. The Balaban J connectivity index is 0.00000676. The van der Waals surface area contributed by atoms with Crippen LogP contribution in [0.1, 0.15) is 18.9 Å². The molecule has 27 heavy (non-hydrogen) atoms. The summed E-state index contributed by atoms with van der Waals surface area (Å²) in [6, 6.07) is 5.52. The summed E-state index contributed by atoms with van der Waals surface area (Å²) < 4.78 is 27.3. The summed E-state index contributed by atoms with van der Waals surface area (Å²) >= 11 is 12.1. The van der Waals surface area contributed by atoms with E-state index in [0.29, 0.717) is 35.7 Å². The Bertz CT molecular complexity index is 688. The van der Waals surface area contributed by atoms with Crippen molar-refractivity contribution >= 4 is 63.0 Å². The second kappa shape index (κ2) is 14.7. The zero-order valence-electron chi connectivity index (χ0n) is 15.6. The molecule has 0 aromatic heterocycles. The van der Waals surface area contributed by atoms with Gasteiger partial charge in [0.2, 0.25) is 0 Å². The summed E-state index contributed by atoms with van der Waals surface area (Å²) in [7, 11) is -2.98. The number of aryl methyl sites for hydroxylation is 1. The van der Waals surface area contributed by atoms with Gasteiger partial charge in [0.15, 0.2) is 5.96 Å². The topological polar surface area (TPSA) is 79.8 Å². The lowest BCUT2D eigenvalue weighted by atomic mass is 10.1. The van der Waals surface area contributed by atoms with Crippen LogP contribution in [0.25, 0.3) is 0 Å². The highest BCUT2D eigenvalue weighted by Crippen LogP contribution is 2.21. The summed E-state index contributed by atoms with van der Waals surface area (Å²) in [6.45, 7) is 4.58. The minimum atomic E-state index is -2.98. The molecule has 0 saturated carbocycles. The Morgan fingerprint density at radius 3 is 2.59 bits per heavy atom. The molecule has 0 atom stereocenters. The van der Waals surface area contributed by atoms with Crippen LogP contribution in [0.4, 0.5) is 0 Å². The number of hydrogen-bond donors (Lipinski definition) is 2. The molecule has 2 N–H and O–H groups in total. The first kappa shape index (κ1) is 26.7. The van der Waals surface area contributed by atoms with Crippen molar-refractivity contribution in [2.45, 2.75) is 19.8 Å². The molecule has 156 valence electrons. The number of sulfone groups is 1. The van der Waals surface area contributed by atoms with Crippen molar-refractivity contribution in [1.82, 2.24) is 10.6 Å². The Labute approximate surface area is 189 Å². The summed E-state index contributed by atoms with van der Waals surface area (Å²) in [5, 5.41) is 7.63. The highest BCUT2D eigenvalue weighted by atomic mass is 127. The Morgan fingerprint density at radius 2 is 1.96 bits per heavy atom. The summed E-state index contributed by atoms with van der Waals surface area (Å²) in [6.07, 6.45) is 2.89. The van der Waals surface area contributed by atoms with Crippen LogP contribution in [-0.4, -0.2) is 59.2 Å². The fourth-order valence-electron chi connectivity index (χ4n) is 2.08. The second-order valence-electron chi connectivity index (χ2n) is 5.77. The number of rotatable bonds is 11. The molecule has 1 rings (SSSR count). The molecule has 1 aromatic rings. The van der Waals surface area contributed by atoms with Gasteiger partial charge in [-0.25, -0.2) is 8.42 Å². The van der Waals surface area contributed by atoms with Gasteiger partial charge in [-0.1, -0.05) is 29.3 Å². The van der Waals surface area contributed by atoms with Crippen molar-refractivity contribution in [1.29, 1.82) is 0 Å². The standard InChI is InChI=1S/C17H27Cl2N3O3S.HI/c1-3-20-17(22-9-10-25-11-12-26(2,23)24)21-8-4-5-14-6-7-15(18)13-16(14)19;/h6-7,13H,3-5,8-12H2,1-2H3,(H2,20,21,22);1H. The first-order valence-electron chi connectivity index (χ1n) is 8.53. The van der Waals surface area contributed by atoms with Gasteiger partial charge in [-0.05, 0) is 37.5 Å². The number of guanidine groups is 1. The molecule has 6 nitrogen and oxygen atoms in total. The van der Waals surface area contributed by atoms with E-state index >= 15 is 0 Å².